The maximum absolute atomic E-state index is 11.9. The van der Waals surface area contributed by atoms with Crippen LogP contribution in [0.1, 0.15) is 118 Å². The SMILES string of the molecule is CC.CC.CC.CC.CC.CC.CC.N.NC(=O)c1ccccc1N.O=CO.O=Cc1ccccc1.O=c1[nH]c(-c2ccccc2)nc2ccccc12.c1ccc(-c2ncc3ccccc3n2)cc1. The number of amides is 1. The lowest BCUT2D eigenvalue weighted by molar-refractivity contribution is -0.122. The number of carboxylic acid groups (broad SMARTS) is 1. The van der Waals surface area contributed by atoms with Crippen molar-refractivity contribution < 1.29 is 19.5 Å². The molecule has 2 heterocycles. The molecule has 0 atom stereocenters. The number of para-hydroxylation sites is 3. The lowest BCUT2D eigenvalue weighted by Gasteiger charge is -2.02. The number of H-pyrrole nitrogens is 1. The van der Waals surface area contributed by atoms with Gasteiger partial charge in [0.05, 0.1) is 22.0 Å². The highest BCUT2D eigenvalue weighted by Gasteiger charge is 2.05. The molecule has 0 radical (unpaired) electrons. The number of aromatic nitrogens is 4. The summed E-state index contributed by atoms with van der Waals surface area (Å²) in [5, 5.41) is 8.58. The summed E-state index contributed by atoms with van der Waals surface area (Å²) in [6.45, 7) is 27.8. The van der Waals surface area contributed by atoms with Crippen molar-refractivity contribution in [3.05, 3.63) is 191 Å². The molecule has 1 amide bonds. The van der Waals surface area contributed by atoms with Gasteiger partial charge in [-0.25, -0.2) is 15.0 Å². The van der Waals surface area contributed by atoms with Crippen molar-refractivity contribution in [2.45, 2.75) is 96.9 Å². The van der Waals surface area contributed by atoms with E-state index in [9.17, 15) is 14.4 Å². The minimum absolute atomic E-state index is 0. The van der Waals surface area contributed by atoms with Crippen molar-refractivity contribution in [3.63, 3.8) is 0 Å². The van der Waals surface area contributed by atoms with Crippen LogP contribution in [0.25, 0.3) is 44.6 Å². The number of carbonyl (C=O) groups is 3. The van der Waals surface area contributed by atoms with Crippen LogP contribution in [-0.4, -0.2) is 43.7 Å². The van der Waals surface area contributed by atoms with Gasteiger partial charge in [0, 0.05) is 34.0 Å². The Bertz CT molecular complexity index is 2470. The monoisotopic (exact) mass is 944 g/mol. The number of benzene rings is 6. The number of hydrogen-bond acceptors (Lipinski definition) is 9. The molecule has 6 aromatic carbocycles. The second kappa shape index (κ2) is 49.6. The number of nitrogens with one attached hydrogen (secondary N) is 1. The Morgan fingerprint density at radius 1 is 0.536 bits per heavy atom. The molecule has 0 bridgehead atoms. The Labute approximate surface area is 412 Å². The molecule has 374 valence electrons. The predicted octanol–water partition coefficient (Wildman–Crippen LogP) is 14.8. The molecule has 12 heteroatoms. The van der Waals surface area contributed by atoms with E-state index < -0.39 is 5.91 Å². The number of rotatable bonds is 4. The second-order valence-corrected chi connectivity index (χ2v) is 11.0. The van der Waals surface area contributed by atoms with Gasteiger partial charge in [0.1, 0.15) is 12.1 Å². The van der Waals surface area contributed by atoms with E-state index in [2.05, 4.69) is 19.9 Å². The van der Waals surface area contributed by atoms with Gasteiger partial charge in [-0.3, -0.25) is 19.2 Å². The molecule has 0 aliphatic heterocycles. The topological polar surface area (TPSA) is 230 Å². The molecule has 0 saturated heterocycles. The summed E-state index contributed by atoms with van der Waals surface area (Å²) in [7, 11) is 0. The summed E-state index contributed by atoms with van der Waals surface area (Å²) in [5.74, 6) is 0.895. The first-order valence-corrected chi connectivity index (χ1v) is 23.4. The fraction of sp³-hybridized carbons (Fsp3) is 0.246. The van der Waals surface area contributed by atoms with Gasteiger partial charge in [0.15, 0.2) is 5.82 Å². The molecule has 0 saturated carbocycles. The van der Waals surface area contributed by atoms with Crippen molar-refractivity contribution in [3.8, 4) is 22.8 Å². The lowest BCUT2D eigenvalue weighted by atomic mass is 10.2. The summed E-state index contributed by atoms with van der Waals surface area (Å²) in [6.07, 6.45) is 2.70. The van der Waals surface area contributed by atoms with Gasteiger partial charge in [-0.1, -0.05) is 230 Å². The summed E-state index contributed by atoms with van der Waals surface area (Å²) < 4.78 is 0. The standard InChI is InChI=1S/C14H10N2O.C14H10N2.C7H8N2O.C7H6O.7C2H6.CH2O2.H3N/c17-14-11-8-4-5-9-12(11)15-13(16-14)10-6-2-1-3-7-10;1-2-6-11(7-3-1)14-15-10-12-8-4-5-9-13(12)16-14;8-6-4-2-1-3-5(6)7(9)10;8-6-7-4-2-1-3-5-7;7*1-2;2-1-3;/h1-9H,(H,15,16,17);1-10H;1-4H,8H2,(H2,9,10);1-6H;7*1-2H3;1H,(H,2,3);1H3. The number of nitrogen functional groups attached to an aromatic ring is 1. The van der Waals surface area contributed by atoms with Crippen LogP contribution >= 0.6 is 0 Å². The average molecular weight is 944 g/mol. The summed E-state index contributed by atoms with van der Waals surface area (Å²) >= 11 is 0. The van der Waals surface area contributed by atoms with Crippen molar-refractivity contribution in [1.29, 1.82) is 0 Å². The first kappa shape index (κ1) is 70.2. The lowest BCUT2D eigenvalue weighted by Crippen LogP contribution is -2.12. The third-order valence-electron chi connectivity index (χ3n) is 7.34. The zero-order valence-electron chi connectivity index (χ0n) is 43.6. The molecule has 0 fully saturated rings. The highest BCUT2D eigenvalue weighted by atomic mass is 16.3. The molecule has 8 aromatic rings. The molecular weight excluding hydrogens is 863 g/mol. The Balaban J connectivity index is -0.000000243. The molecule has 0 spiro atoms. The normalized spacial score (nSPS) is 8.14. The average Bonchev–Trinajstić information content (AvgIpc) is 3.44. The fourth-order valence-electron chi connectivity index (χ4n) is 4.77. The Morgan fingerprint density at radius 3 is 1.39 bits per heavy atom. The molecule has 12 nitrogen and oxygen atoms in total. The first-order valence-electron chi connectivity index (χ1n) is 23.4. The summed E-state index contributed by atoms with van der Waals surface area (Å²) in [4.78, 5) is 57.0. The number of primary amides is 1. The minimum atomic E-state index is -0.488. The van der Waals surface area contributed by atoms with Crippen LogP contribution in [0.2, 0.25) is 0 Å². The highest BCUT2D eigenvalue weighted by Crippen LogP contribution is 2.18. The largest absolute Gasteiger partial charge is 0.483 e. The summed E-state index contributed by atoms with van der Waals surface area (Å²) in [6, 6.07) is 50.8. The number of aldehydes is 1. The van der Waals surface area contributed by atoms with E-state index in [1.54, 1.807) is 42.5 Å². The van der Waals surface area contributed by atoms with Crippen LogP contribution < -0.4 is 23.2 Å². The van der Waals surface area contributed by atoms with E-state index in [0.29, 0.717) is 22.5 Å². The molecule has 2 aromatic heterocycles. The van der Waals surface area contributed by atoms with Crippen molar-refractivity contribution in [1.82, 2.24) is 26.1 Å². The number of anilines is 1. The molecular formula is C57H81N7O5. The van der Waals surface area contributed by atoms with Gasteiger partial charge in [-0.15, -0.1) is 0 Å². The van der Waals surface area contributed by atoms with Crippen molar-refractivity contribution in [2.24, 2.45) is 5.73 Å². The number of fused-ring (bicyclic) bond motifs is 2. The fourth-order valence-corrected chi connectivity index (χ4v) is 4.77. The van der Waals surface area contributed by atoms with Crippen LogP contribution in [-0.2, 0) is 4.79 Å². The first-order chi connectivity index (χ1) is 33.3. The third kappa shape index (κ3) is 28.7. The van der Waals surface area contributed by atoms with Crippen molar-refractivity contribution in [2.75, 3.05) is 5.73 Å². The van der Waals surface area contributed by atoms with E-state index in [0.717, 1.165) is 45.2 Å². The molecule has 0 aliphatic carbocycles. The second-order valence-electron chi connectivity index (χ2n) is 11.0. The van der Waals surface area contributed by atoms with E-state index in [4.69, 9.17) is 21.4 Å². The number of aromatic amines is 1. The van der Waals surface area contributed by atoms with Crippen LogP contribution in [0.3, 0.4) is 0 Å². The Hall–Kier alpha value is -7.83. The van der Waals surface area contributed by atoms with Crippen LogP contribution in [0.4, 0.5) is 5.69 Å². The van der Waals surface area contributed by atoms with Crippen LogP contribution in [0.15, 0.2) is 175 Å². The number of hydrogen-bond donors (Lipinski definition) is 5. The van der Waals surface area contributed by atoms with E-state index >= 15 is 0 Å². The molecule has 69 heavy (non-hydrogen) atoms. The van der Waals surface area contributed by atoms with Gasteiger partial charge in [0.25, 0.3) is 17.9 Å². The number of carbonyl (C=O) groups excluding carboxylic acids is 2. The van der Waals surface area contributed by atoms with Crippen molar-refractivity contribution >= 4 is 46.2 Å². The van der Waals surface area contributed by atoms with Gasteiger partial charge in [0.2, 0.25) is 0 Å². The maximum Gasteiger partial charge on any atom is 0.290 e. The van der Waals surface area contributed by atoms with Gasteiger partial charge >= 0.3 is 0 Å². The van der Waals surface area contributed by atoms with Crippen LogP contribution in [0, 0.1) is 0 Å². The molecule has 8 rings (SSSR count). The summed E-state index contributed by atoms with van der Waals surface area (Å²) in [5.41, 5.74) is 15.5. The van der Waals surface area contributed by atoms with E-state index in [-0.39, 0.29) is 18.2 Å². The predicted molar refractivity (Wildman–Crippen MR) is 297 cm³/mol. The van der Waals surface area contributed by atoms with Gasteiger partial charge < -0.3 is 27.7 Å². The van der Waals surface area contributed by atoms with E-state index in [1.165, 1.54) is 0 Å². The smallest absolute Gasteiger partial charge is 0.290 e. The zero-order chi connectivity index (χ0) is 52.5. The van der Waals surface area contributed by atoms with Gasteiger partial charge in [-0.05, 0) is 30.3 Å². The number of nitrogens with two attached hydrogens (primary N) is 2. The zero-order valence-corrected chi connectivity index (χ0v) is 43.6. The van der Waals surface area contributed by atoms with Crippen LogP contribution in [0.5, 0.6) is 0 Å². The molecule has 9 N–H and O–H groups in total. The third-order valence-corrected chi connectivity index (χ3v) is 7.34. The van der Waals surface area contributed by atoms with Gasteiger partial charge in [-0.2, -0.15) is 0 Å². The Morgan fingerprint density at radius 2 is 0.942 bits per heavy atom. The number of nitrogens with zero attached hydrogens (tertiary/aromatic N) is 3. The molecule has 0 aliphatic rings. The minimum Gasteiger partial charge on any atom is -0.483 e. The highest BCUT2D eigenvalue weighted by molar-refractivity contribution is 5.97. The maximum atomic E-state index is 11.9. The Kier molecular flexibility index (Phi) is 50.5. The molecule has 0 unspecified atom stereocenters. The quantitative estimate of drug-likeness (QED) is 0.0827. The van der Waals surface area contributed by atoms with E-state index in [1.807, 2.05) is 224 Å².